The van der Waals surface area contributed by atoms with E-state index in [-0.39, 0.29) is 17.3 Å². The van der Waals surface area contributed by atoms with Crippen molar-refractivity contribution in [2.24, 2.45) is 4.99 Å². The number of carboxylic acid groups (broad SMARTS) is 1. The number of nitrogens with zero attached hydrogens (tertiary/aromatic N) is 2. The van der Waals surface area contributed by atoms with E-state index >= 15 is 0 Å². The molecule has 0 aliphatic carbocycles. The number of hydrogen-bond donors (Lipinski definition) is 1. The predicted octanol–water partition coefficient (Wildman–Crippen LogP) is 7.06. The van der Waals surface area contributed by atoms with E-state index in [4.69, 9.17) is 5.11 Å². The Morgan fingerprint density at radius 3 is 2.31 bits per heavy atom. The van der Waals surface area contributed by atoms with Crippen molar-refractivity contribution in [3.8, 4) is 10.4 Å². The second-order valence-electron chi connectivity index (χ2n) is 7.54. The largest absolute Gasteiger partial charge is 0.478 e. The van der Waals surface area contributed by atoms with Crippen LogP contribution in [-0.4, -0.2) is 22.2 Å². The molecule has 35 heavy (non-hydrogen) atoms. The minimum absolute atomic E-state index is 0.228. The Kier molecular flexibility index (Phi) is 6.31. The number of amidine groups is 1. The van der Waals surface area contributed by atoms with E-state index in [1.54, 1.807) is 36.4 Å². The maximum Gasteiger partial charge on any atom is 0.335 e. The van der Waals surface area contributed by atoms with Gasteiger partial charge in [0.05, 0.1) is 21.8 Å². The lowest BCUT2D eigenvalue weighted by Gasteiger charge is -2.15. The van der Waals surface area contributed by atoms with Gasteiger partial charge in [-0.25, -0.2) is 14.2 Å². The molecule has 1 aliphatic rings. The summed E-state index contributed by atoms with van der Waals surface area (Å²) in [5, 5.41) is 9.58. The standard InChI is InChI=1S/C27H17FN2O3S2/c28-19-10-12-21(13-11-19)30-25(31)24(35-27(30)29-20-4-2-1-3-5-20)16-22-14-15-23(34-22)17-6-8-18(9-7-17)26(32)33/h1-16H,(H,32,33)/b24-16-,29-27?. The predicted molar refractivity (Wildman–Crippen MR) is 140 cm³/mol. The Hall–Kier alpha value is -4.01. The first-order valence-corrected chi connectivity index (χ1v) is 12.2. The summed E-state index contributed by atoms with van der Waals surface area (Å²) in [5.74, 6) is -1.59. The number of carbonyl (C=O) groups is 2. The third-order valence-electron chi connectivity index (χ3n) is 5.19. The smallest absolute Gasteiger partial charge is 0.335 e. The number of aliphatic imine (C=N–C) groups is 1. The number of aromatic carboxylic acids is 1. The Morgan fingerprint density at radius 1 is 0.914 bits per heavy atom. The molecule has 2 heterocycles. The van der Waals surface area contributed by atoms with Gasteiger partial charge in [-0.3, -0.25) is 9.69 Å². The number of carbonyl (C=O) groups excluding carboxylic acids is 1. The molecule has 0 bridgehead atoms. The molecule has 0 radical (unpaired) electrons. The van der Waals surface area contributed by atoms with Crippen molar-refractivity contribution in [3.63, 3.8) is 0 Å². The van der Waals surface area contributed by atoms with Gasteiger partial charge >= 0.3 is 5.97 Å². The molecule has 1 aromatic heterocycles. The highest BCUT2D eigenvalue weighted by Crippen LogP contribution is 2.39. The van der Waals surface area contributed by atoms with Crippen molar-refractivity contribution in [2.75, 3.05) is 4.90 Å². The van der Waals surface area contributed by atoms with Crippen LogP contribution >= 0.6 is 23.1 Å². The summed E-state index contributed by atoms with van der Waals surface area (Å²) in [6, 6.07) is 25.6. The molecule has 1 N–H and O–H groups in total. The molecule has 0 unspecified atom stereocenters. The van der Waals surface area contributed by atoms with E-state index in [0.29, 0.717) is 21.4 Å². The van der Waals surface area contributed by atoms with E-state index in [9.17, 15) is 14.0 Å². The molecule has 5 nitrogen and oxygen atoms in total. The highest BCUT2D eigenvalue weighted by molar-refractivity contribution is 8.19. The topological polar surface area (TPSA) is 70.0 Å². The fourth-order valence-corrected chi connectivity index (χ4v) is 5.49. The molecule has 0 atom stereocenters. The van der Waals surface area contributed by atoms with Crippen LogP contribution in [0.4, 0.5) is 15.8 Å². The van der Waals surface area contributed by atoms with E-state index in [1.807, 2.05) is 48.5 Å². The summed E-state index contributed by atoms with van der Waals surface area (Å²) in [6.45, 7) is 0. The molecule has 5 rings (SSSR count). The summed E-state index contributed by atoms with van der Waals surface area (Å²) >= 11 is 2.76. The third kappa shape index (κ3) is 4.94. The molecule has 3 aromatic carbocycles. The first kappa shape index (κ1) is 22.8. The number of halogens is 1. The van der Waals surface area contributed by atoms with Gasteiger partial charge in [-0.2, -0.15) is 0 Å². The van der Waals surface area contributed by atoms with Crippen LogP contribution in [0.25, 0.3) is 16.5 Å². The Balaban J connectivity index is 1.47. The minimum Gasteiger partial charge on any atom is -0.478 e. The first-order chi connectivity index (χ1) is 17.0. The molecule has 8 heteroatoms. The molecule has 0 spiro atoms. The molecule has 1 amide bonds. The summed E-state index contributed by atoms with van der Waals surface area (Å²) in [4.78, 5) is 33.0. The number of rotatable bonds is 5. The lowest BCUT2D eigenvalue weighted by Crippen LogP contribution is -2.28. The van der Waals surface area contributed by atoms with Crippen molar-refractivity contribution in [2.45, 2.75) is 0 Å². The Bertz CT molecular complexity index is 1460. The highest BCUT2D eigenvalue weighted by atomic mass is 32.2. The van der Waals surface area contributed by atoms with Crippen LogP contribution in [0.1, 0.15) is 15.2 Å². The van der Waals surface area contributed by atoms with Crippen molar-refractivity contribution >= 4 is 57.6 Å². The number of hydrogen-bond acceptors (Lipinski definition) is 5. The van der Waals surface area contributed by atoms with E-state index < -0.39 is 5.97 Å². The molecule has 172 valence electrons. The summed E-state index contributed by atoms with van der Waals surface area (Å²) < 4.78 is 13.5. The molecule has 1 saturated heterocycles. The van der Waals surface area contributed by atoms with Gasteiger partial charge in [0.25, 0.3) is 5.91 Å². The van der Waals surface area contributed by atoms with Crippen LogP contribution in [0.5, 0.6) is 0 Å². The lowest BCUT2D eigenvalue weighted by molar-refractivity contribution is -0.113. The number of anilines is 1. The van der Waals surface area contributed by atoms with Crippen molar-refractivity contribution in [1.29, 1.82) is 0 Å². The quantitative estimate of drug-likeness (QED) is 0.298. The van der Waals surface area contributed by atoms with Gasteiger partial charge in [0.2, 0.25) is 0 Å². The van der Waals surface area contributed by atoms with Crippen LogP contribution in [0.2, 0.25) is 0 Å². The highest BCUT2D eigenvalue weighted by Gasteiger charge is 2.35. The average Bonchev–Trinajstić information content (AvgIpc) is 3.45. The first-order valence-electron chi connectivity index (χ1n) is 10.5. The summed E-state index contributed by atoms with van der Waals surface area (Å²) in [5.41, 5.74) is 2.37. The molecular weight excluding hydrogens is 483 g/mol. The Labute approximate surface area is 208 Å². The SMILES string of the molecule is O=C(O)c1ccc(-c2ccc(/C=C3\SC(=Nc4ccccc4)N(c4ccc(F)cc4)C3=O)s2)cc1. The van der Waals surface area contributed by atoms with Gasteiger partial charge in [0.1, 0.15) is 5.82 Å². The maximum absolute atomic E-state index is 13.5. The number of para-hydroxylation sites is 1. The van der Waals surface area contributed by atoms with Crippen LogP contribution < -0.4 is 4.90 Å². The summed E-state index contributed by atoms with van der Waals surface area (Å²) in [6.07, 6.45) is 1.82. The van der Waals surface area contributed by atoms with Crippen molar-refractivity contribution in [3.05, 3.63) is 112 Å². The minimum atomic E-state index is -0.969. The van der Waals surface area contributed by atoms with Gasteiger partial charge < -0.3 is 5.11 Å². The molecule has 4 aromatic rings. The van der Waals surface area contributed by atoms with Gasteiger partial charge in [-0.05, 0) is 84.1 Å². The normalized spacial score (nSPS) is 15.8. The van der Waals surface area contributed by atoms with Crippen LogP contribution in [0, 0.1) is 5.82 Å². The lowest BCUT2D eigenvalue weighted by atomic mass is 10.1. The number of thiophene rings is 1. The van der Waals surface area contributed by atoms with E-state index in [0.717, 1.165) is 15.3 Å². The second-order valence-corrected chi connectivity index (χ2v) is 9.67. The Morgan fingerprint density at radius 2 is 1.63 bits per heavy atom. The van der Waals surface area contributed by atoms with E-state index in [1.165, 1.54) is 40.1 Å². The van der Waals surface area contributed by atoms with Crippen LogP contribution in [-0.2, 0) is 4.79 Å². The van der Waals surface area contributed by atoms with Crippen molar-refractivity contribution in [1.82, 2.24) is 0 Å². The van der Waals surface area contributed by atoms with Crippen LogP contribution in [0.15, 0.2) is 101 Å². The molecular formula is C27H17FN2O3S2. The van der Waals surface area contributed by atoms with E-state index in [2.05, 4.69) is 4.99 Å². The van der Waals surface area contributed by atoms with Crippen molar-refractivity contribution < 1.29 is 19.1 Å². The fraction of sp³-hybridized carbons (Fsp3) is 0. The number of amides is 1. The molecule has 0 saturated carbocycles. The zero-order chi connectivity index (χ0) is 24.4. The second kappa shape index (κ2) is 9.69. The maximum atomic E-state index is 13.5. The molecule has 1 fully saturated rings. The number of benzene rings is 3. The van der Waals surface area contributed by atoms with Gasteiger partial charge in [0.15, 0.2) is 5.17 Å². The molecule has 1 aliphatic heterocycles. The fourth-order valence-electron chi connectivity index (χ4n) is 3.47. The third-order valence-corrected chi connectivity index (χ3v) is 7.24. The van der Waals surface area contributed by atoms with Gasteiger partial charge in [0, 0.05) is 9.75 Å². The average molecular weight is 501 g/mol. The number of carboxylic acids is 1. The zero-order valence-electron chi connectivity index (χ0n) is 18.1. The summed E-state index contributed by atoms with van der Waals surface area (Å²) in [7, 11) is 0. The zero-order valence-corrected chi connectivity index (χ0v) is 19.7. The van der Waals surface area contributed by atoms with Gasteiger partial charge in [-0.15, -0.1) is 11.3 Å². The van der Waals surface area contributed by atoms with Crippen LogP contribution in [0.3, 0.4) is 0 Å². The van der Waals surface area contributed by atoms with Gasteiger partial charge in [-0.1, -0.05) is 30.3 Å². The number of thioether (sulfide) groups is 1. The monoisotopic (exact) mass is 500 g/mol.